The first kappa shape index (κ1) is 25.4. The number of rotatable bonds is 10. The van der Waals surface area contributed by atoms with Gasteiger partial charge in [0.2, 0.25) is 11.9 Å². The van der Waals surface area contributed by atoms with Crippen LogP contribution in [0.3, 0.4) is 0 Å². The molecule has 4 rings (SSSR count). The monoisotopic (exact) mass is 511 g/mol. The van der Waals surface area contributed by atoms with Gasteiger partial charge in [-0.15, -0.1) is 0 Å². The summed E-state index contributed by atoms with van der Waals surface area (Å²) in [6.07, 6.45) is 3.98. The largest absolute Gasteiger partial charge is 0.493 e. The minimum absolute atomic E-state index is 0.0720. The molecule has 1 saturated carbocycles. The number of ether oxygens (including phenoxy) is 2. The van der Waals surface area contributed by atoms with E-state index in [-0.39, 0.29) is 18.5 Å². The van der Waals surface area contributed by atoms with E-state index in [1.165, 1.54) is 0 Å². The van der Waals surface area contributed by atoms with Crippen molar-refractivity contribution in [3.63, 3.8) is 0 Å². The Balaban J connectivity index is 1.64. The molecular formula is C26H30ClN5O4. The van der Waals surface area contributed by atoms with E-state index in [2.05, 4.69) is 15.6 Å². The zero-order chi connectivity index (χ0) is 25.7. The van der Waals surface area contributed by atoms with Crippen LogP contribution in [0.15, 0.2) is 48.7 Å². The van der Waals surface area contributed by atoms with Crippen molar-refractivity contribution in [2.75, 3.05) is 39.2 Å². The molecule has 0 aliphatic heterocycles. The van der Waals surface area contributed by atoms with Crippen molar-refractivity contribution in [2.45, 2.75) is 19.8 Å². The fraction of sp³-hybridized carbons (Fsp3) is 0.346. The average molecular weight is 512 g/mol. The number of nitrogens with one attached hydrogen (secondary N) is 2. The van der Waals surface area contributed by atoms with Gasteiger partial charge in [0.05, 0.1) is 25.6 Å². The first-order valence-electron chi connectivity index (χ1n) is 11.8. The number of anilines is 1. The number of amides is 3. The van der Waals surface area contributed by atoms with Crippen LogP contribution in [0.5, 0.6) is 11.5 Å². The zero-order valence-corrected chi connectivity index (χ0v) is 21.3. The average Bonchev–Trinajstić information content (AvgIpc) is 3.60. The van der Waals surface area contributed by atoms with Crippen molar-refractivity contribution in [3.05, 3.63) is 53.7 Å². The number of carbonyl (C=O) groups is 2. The lowest BCUT2D eigenvalue weighted by atomic mass is 10.2. The standard InChI is InChI=1S/C26H30ClN5O4/c1-4-28-26(34)31(14-17-5-6-17)16-24(33)30-25-29-21(18-7-9-19(27)10-8-18)15-32(25)20-11-12-22(35-2)23(13-20)36-3/h7-13,15,17H,4-6,14,16H2,1-3H3,(H,28,34)(H,29,30,33). The van der Waals surface area contributed by atoms with Crippen molar-refractivity contribution in [3.8, 4) is 28.4 Å². The number of urea groups is 1. The van der Waals surface area contributed by atoms with Crippen LogP contribution >= 0.6 is 11.6 Å². The van der Waals surface area contributed by atoms with Gasteiger partial charge < -0.3 is 19.7 Å². The van der Waals surface area contributed by atoms with E-state index in [9.17, 15) is 9.59 Å². The summed E-state index contributed by atoms with van der Waals surface area (Å²) >= 11 is 6.05. The van der Waals surface area contributed by atoms with E-state index < -0.39 is 0 Å². The molecule has 1 aromatic heterocycles. The van der Waals surface area contributed by atoms with Gasteiger partial charge in [0.15, 0.2) is 11.5 Å². The van der Waals surface area contributed by atoms with Gasteiger partial charge in [-0.25, -0.2) is 9.78 Å². The number of aromatic nitrogens is 2. The zero-order valence-electron chi connectivity index (χ0n) is 20.6. The molecule has 0 bridgehead atoms. The lowest BCUT2D eigenvalue weighted by Gasteiger charge is -2.22. The molecule has 0 spiro atoms. The highest BCUT2D eigenvalue weighted by atomic mass is 35.5. The van der Waals surface area contributed by atoms with Gasteiger partial charge in [-0.2, -0.15) is 0 Å². The first-order valence-corrected chi connectivity index (χ1v) is 12.2. The number of methoxy groups -OCH3 is 2. The number of imidazole rings is 1. The Hall–Kier alpha value is -3.72. The molecule has 0 unspecified atom stereocenters. The molecule has 9 nitrogen and oxygen atoms in total. The van der Waals surface area contributed by atoms with E-state index in [1.807, 2.05) is 31.3 Å². The number of benzene rings is 2. The van der Waals surface area contributed by atoms with Crippen LogP contribution < -0.4 is 20.1 Å². The minimum atomic E-state index is -0.336. The Morgan fingerprint density at radius 1 is 1.11 bits per heavy atom. The summed E-state index contributed by atoms with van der Waals surface area (Å²) in [6.45, 7) is 2.83. The van der Waals surface area contributed by atoms with Gasteiger partial charge in [0.25, 0.3) is 0 Å². The second-order valence-corrected chi connectivity index (χ2v) is 9.01. The highest BCUT2D eigenvalue weighted by molar-refractivity contribution is 6.30. The Morgan fingerprint density at radius 2 is 1.83 bits per heavy atom. The highest BCUT2D eigenvalue weighted by Gasteiger charge is 2.28. The molecule has 10 heteroatoms. The predicted molar refractivity (Wildman–Crippen MR) is 139 cm³/mol. The second-order valence-electron chi connectivity index (χ2n) is 8.57. The molecule has 36 heavy (non-hydrogen) atoms. The Labute approximate surface area is 215 Å². The number of carbonyl (C=O) groups excluding carboxylic acids is 2. The summed E-state index contributed by atoms with van der Waals surface area (Å²) in [7, 11) is 3.13. The molecule has 0 saturated heterocycles. The highest BCUT2D eigenvalue weighted by Crippen LogP contribution is 2.32. The Bertz CT molecular complexity index is 1220. The normalized spacial score (nSPS) is 12.7. The molecule has 1 fully saturated rings. The third-order valence-corrected chi connectivity index (χ3v) is 6.12. The summed E-state index contributed by atoms with van der Waals surface area (Å²) in [5, 5.41) is 6.30. The molecule has 1 aliphatic rings. The summed E-state index contributed by atoms with van der Waals surface area (Å²) in [5.74, 6) is 1.56. The number of nitrogens with zero attached hydrogens (tertiary/aromatic N) is 3. The van der Waals surface area contributed by atoms with E-state index >= 15 is 0 Å². The number of hydrogen-bond donors (Lipinski definition) is 2. The lowest BCUT2D eigenvalue weighted by Crippen LogP contribution is -2.45. The molecule has 3 amide bonds. The molecule has 1 heterocycles. The predicted octanol–water partition coefficient (Wildman–Crippen LogP) is 4.59. The van der Waals surface area contributed by atoms with Gasteiger partial charge >= 0.3 is 6.03 Å². The molecular weight excluding hydrogens is 482 g/mol. The summed E-state index contributed by atoms with van der Waals surface area (Å²) < 4.78 is 12.6. The maximum atomic E-state index is 13.1. The number of hydrogen-bond acceptors (Lipinski definition) is 5. The lowest BCUT2D eigenvalue weighted by molar-refractivity contribution is -0.116. The smallest absolute Gasteiger partial charge is 0.317 e. The molecule has 2 N–H and O–H groups in total. The van der Waals surface area contributed by atoms with Crippen molar-refractivity contribution in [1.29, 1.82) is 0 Å². The number of halogens is 1. The van der Waals surface area contributed by atoms with Crippen molar-refractivity contribution in [1.82, 2.24) is 19.8 Å². The summed E-state index contributed by atoms with van der Waals surface area (Å²) in [4.78, 5) is 31.8. The first-order chi connectivity index (χ1) is 17.4. The third kappa shape index (κ3) is 6.09. The van der Waals surface area contributed by atoms with E-state index in [4.69, 9.17) is 21.1 Å². The molecule has 1 aliphatic carbocycles. The fourth-order valence-corrected chi connectivity index (χ4v) is 3.96. The SMILES string of the molecule is CCNC(=O)N(CC(=O)Nc1nc(-c2ccc(Cl)cc2)cn1-c1ccc(OC)c(OC)c1)CC1CC1. The van der Waals surface area contributed by atoms with E-state index in [1.54, 1.807) is 48.0 Å². The van der Waals surface area contributed by atoms with Gasteiger partial charge in [-0.1, -0.05) is 23.7 Å². The maximum Gasteiger partial charge on any atom is 0.317 e. The van der Waals surface area contributed by atoms with Gasteiger partial charge in [0.1, 0.15) is 6.54 Å². The van der Waals surface area contributed by atoms with Gasteiger partial charge in [0, 0.05) is 35.9 Å². The second kappa shape index (κ2) is 11.3. The third-order valence-electron chi connectivity index (χ3n) is 5.87. The molecule has 0 atom stereocenters. The molecule has 2 aromatic carbocycles. The summed E-state index contributed by atoms with van der Waals surface area (Å²) in [6, 6.07) is 12.5. The minimum Gasteiger partial charge on any atom is -0.493 e. The molecule has 3 aromatic rings. The van der Waals surface area contributed by atoms with Gasteiger partial charge in [-0.3, -0.25) is 14.7 Å². The van der Waals surface area contributed by atoms with Gasteiger partial charge in [-0.05, 0) is 49.9 Å². The van der Waals surface area contributed by atoms with Crippen molar-refractivity contribution < 1.29 is 19.1 Å². The van der Waals surface area contributed by atoms with Crippen LogP contribution in [0.25, 0.3) is 16.9 Å². The Morgan fingerprint density at radius 3 is 2.47 bits per heavy atom. The van der Waals surface area contributed by atoms with Crippen LogP contribution in [0.2, 0.25) is 5.02 Å². The van der Waals surface area contributed by atoms with Crippen LogP contribution in [0.1, 0.15) is 19.8 Å². The van der Waals surface area contributed by atoms with Crippen molar-refractivity contribution in [2.24, 2.45) is 5.92 Å². The maximum absolute atomic E-state index is 13.1. The van der Waals surface area contributed by atoms with Crippen molar-refractivity contribution >= 4 is 29.5 Å². The van der Waals surface area contributed by atoms with Crippen LogP contribution in [-0.4, -0.2) is 60.2 Å². The topological polar surface area (TPSA) is 97.7 Å². The summed E-state index contributed by atoms with van der Waals surface area (Å²) in [5.41, 5.74) is 2.20. The quantitative estimate of drug-likeness (QED) is 0.415. The van der Waals surface area contributed by atoms with E-state index in [0.717, 1.165) is 18.4 Å². The van der Waals surface area contributed by atoms with Crippen LogP contribution in [0, 0.1) is 5.92 Å². The van der Waals surface area contributed by atoms with Crippen LogP contribution in [-0.2, 0) is 4.79 Å². The Kier molecular flexibility index (Phi) is 8.00. The fourth-order valence-electron chi connectivity index (χ4n) is 3.83. The van der Waals surface area contributed by atoms with Crippen LogP contribution in [0.4, 0.5) is 10.7 Å². The molecule has 0 radical (unpaired) electrons. The van der Waals surface area contributed by atoms with E-state index in [0.29, 0.717) is 52.9 Å². The molecule has 190 valence electrons.